The van der Waals surface area contributed by atoms with Crippen molar-refractivity contribution >= 4 is 23.1 Å². The van der Waals surface area contributed by atoms with Crippen molar-refractivity contribution in [3.63, 3.8) is 0 Å². The number of carbonyl (C=O) groups is 1. The van der Waals surface area contributed by atoms with Gasteiger partial charge in [0.2, 0.25) is 5.91 Å². The molecule has 0 spiro atoms. The van der Waals surface area contributed by atoms with E-state index in [2.05, 4.69) is 18.7 Å². The molecule has 0 rings (SSSR count). The van der Waals surface area contributed by atoms with E-state index in [4.69, 9.17) is 18.0 Å². The SMILES string of the molecule is CCN(CC)C(=O)CN(C)CCCC(C)(C)C(N)=S. The molecule has 0 aromatic rings. The van der Waals surface area contributed by atoms with Gasteiger partial charge in [0.1, 0.15) is 0 Å². The van der Waals surface area contributed by atoms with Crippen LogP contribution in [0.1, 0.15) is 40.5 Å². The maximum Gasteiger partial charge on any atom is 0.236 e. The highest BCUT2D eigenvalue weighted by Crippen LogP contribution is 2.22. The van der Waals surface area contributed by atoms with Gasteiger partial charge in [-0.05, 0) is 40.3 Å². The largest absolute Gasteiger partial charge is 0.393 e. The summed E-state index contributed by atoms with van der Waals surface area (Å²) in [5.41, 5.74) is 5.60. The zero-order valence-corrected chi connectivity index (χ0v) is 13.8. The Kier molecular flexibility index (Phi) is 8.18. The summed E-state index contributed by atoms with van der Waals surface area (Å²) in [5, 5.41) is 0. The van der Waals surface area contributed by atoms with Crippen molar-refractivity contribution in [1.82, 2.24) is 9.80 Å². The average Bonchev–Trinajstić information content (AvgIpc) is 2.29. The van der Waals surface area contributed by atoms with E-state index in [1.165, 1.54) is 0 Å². The van der Waals surface area contributed by atoms with Crippen molar-refractivity contribution in [2.75, 3.05) is 33.2 Å². The van der Waals surface area contributed by atoms with Crippen LogP contribution in [0.3, 0.4) is 0 Å². The number of rotatable bonds is 9. The second-order valence-corrected chi connectivity index (χ2v) is 6.10. The van der Waals surface area contributed by atoms with Crippen LogP contribution in [-0.4, -0.2) is 53.9 Å². The first-order chi connectivity index (χ1) is 8.74. The van der Waals surface area contributed by atoms with E-state index in [-0.39, 0.29) is 11.3 Å². The third kappa shape index (κ3) is 6.87. The van der Waals surface area contributed by atoms with Crippen molar-refractivity contribution in [2.24, 2.45) is 11.1 Å². The molecule has 0 heterocycles. The summed E-state index contributed by atoms with van der Waals surface area (Å²) in [6.45, 7) is 11.1. The van der Waals surface area contributed by atoms with Crippen LogP contribution in [-0.2, 0) is 4.79 Å². The number of thiocarbonyl (C=S) groups is 1. The number of likely N-dealkylation sites (N-methyl/N-ethyl adjacent to an activating group) is 2. The Morgan fingerprint density at radius 3 is 2.21 bits per heavy atom. The fraction of sp³-hybridized carbons (Fsp3) is 0.857. The van der Waals surface area contributed by atoms with Crippen molar-refractivity contribution < 1.29 is 4.79 Å². The van der Waals surface area contributed by atoms with Crippen LogP contribution in [0.25, 0.3) is 0 Å². The molecule has 0 atom stereocenters. The van der Waals surface area contributed by atoms with Gasteiger partial charge in [-0.25, -0.2) is 0 Å². The summed E-state index contributed by atoms with van der Waals surface area (Å²) in [6, 6.07) is 0. The normalized spacial score (nSPS) is 11.7. The number of hydrogen-bond donors (Lipinski definition) is 1. The molecular formula is C14H29N3OS. The van der Waals surface area contributed by atoms with Crippen LogP contribution in [0.15, 0.2) is 0 Å². The second kappa shape index (κ2) is 8.48. The van der Waals surface area contributed by atoms with Crippen molar-refractivity contribution in [1.29, 1.82) is 0 Å². The molecule has 0 radical (unpaired) electrons. The fourth-order valence-electron chi connectivity index (χ4n) is 1.90. The van der Waals surface area contributed by atoms with E-state index in [1.807, 2.05) is 25.8 Å². The standard InChI is InChI=1S/C14H29N3OS/c1-6-17(7-2)12(18)11-16(5)10-8-9-14(3,4)13(15)19/h6-11H2,1-5H3,(H2,15,19). The maximum absolute atomic E-state index is 11.9. The number of hydrogen-bond acceptors (Lipinski definition) is 3. The lowest BCUT2D eigenvalue weighted by molar-refractivity contribution is -0.131. The highest BCUT2D eigenvalue weighted by Gasteiger charge is 2.21. The molecule has 0 saturated heterocycles. The lowest BCUT2D eigenvalue weighted by Gasteiger charge is -2.26. The molecule has 0 aromatic carbocycles. The van der Waals surface area contributed by atoms with Gasteiger partial charge in [0, 0.05) is 18.5 Å². The van der Waals surface area contributed by atoms with E-state index in [0.29, 0.717) is 11.5 Å². The van der Waals surface area contributed by atoms with E-state index < -0.39 is 0 Å². The predicted octanol–water partition coefficient (Wildman–Crippen LogP) is 1.88. The minimum Gasteiger partial charge on any atom is -0.393 e. The van der Waals surface area contributed by atoms with Crippen molar-refractivity contribution in [3.8, 4) is 0 Å². The Balaban J connectivity index is 4.03. The molecule has 0 aromatic heterocycles. The topological polar surface area (TPSA) is 49.6 Å². The Bertz CT molecular complexity index is 301. The predicted molar refractivity (Wildman–Crippen MR) is 85.2 cm³/mol. The molecule has 1 amide bonds. The van der Waals surface area contributed by atoms with Crippen LogP contribution in [0, 0.1) is 5.41 Å². The van der Waals surface area contributed by atoms with E-state index in [9.17, 15) is 4.79 Å². The van der Waals surface area contributed by atoms with E-state index in [0.717, 1.165) is 32.5 Å². The molecule has 0 unspecified atom stereocenters. The highest BCUT2D eigenvalue weighted by molar-refractivity contribution is 7.80. The Labute approximate surface area is 123 Å². The Morgan fingerprint density at radius 1 is 1.26 bits per heavy atom. The van der Waals surface area contributed by atoms with Gasteiger partial charge in [-0.15, -0.1) is 0 Å². The number of carbonyl (C=O) groups excluding carboxylic acids is 1. The third-order valence-electron chi connectivity index (χ3n) is 3.53. The second-order valence-electron chi connectivity index (χ2n) is 5.66. The van der Waals surface area contributed by atoms with Gasteiger partial charge in [0.15, 0.2) is 0 Å². The van der Waals surface area contributed by atoms with Gasteiger partial charge >= 0.3 is 0 Å². The van der Waals surface area contributed by atoms with Gasteiger partial charge < -0.3 is 10.6 Å². The Hall–Kier alpha value is -0.680. The summed E-state index contributed by atoms with van der Waals surface area (Å²) < 4.78 is 0. The fourth-order valence-corrected chi connectivity index (χ4v) is 2.00. The molecular weight excluding hydrogens is 258 g/mol. The van der Waals surface area contributed by atoms with Crippen LogP contribution < -0.4 is 5.73 Å². The highest BCUT2D eigenvalue weighted by atomic mass is 32.1. The molecule has 0 bridgehead atoms. The summed E-state index contributed by atoms with van der Waals surface area (Å²) >= 11 is 5.05. The van der Waals surface area contributed by atoms with Crippen molar-refractivity contribution in [3.05, 3.63) is 0 Å². The van der Waals surface area contributed by atoms with Crippen LogP contribution in [0.5, 0.6) is 0 Å². The molecule has 4 nitrogen and oxygen atoms in total. The minimum atomic E-state index is -0.0982. The first kappa shape index (κ1) is 18.3. The summed E-state index contributed by atoms with van der Waals surface area (Å²) in [4.78, 5) is 16.4. The minimum absolute atomic E-state index is 0.0982. The first-order valence-electron chi connectivity index (χ1n) is 7.00. The third-order valence-corrected chi connectivity index (χ3v) is 4.08. The van der Waals surface area contributed by atoms with Crippen molar-refractivity contribution in [2.45, 2.75) is 40.5 Å². The Morgan fingerprint density at radius 2 is 1.79 bits per heavy atom. The molecule has 0 saturated carbocycles. The van der Waals surface area contributed by atoms with Gasteiger partial charge in [-0.2, -0.15) is 0 Å². The lowest BCUT2D eigenvalue weighted by Crippen LogP contribution is -2.39. The molecule has 0 fully saturated rings. The maximum atomic E-state index is 11.9. The summed E-state index contributed by atoms with van der Waals surface area (Å²) in [6.07, 6.45) is 1.94. The lowest BCUT2D eigenvalue weighted by atomic mass is 9.88. The van der Waals surface area contributed by atoms with Crippen LogP contribution >= 0.6 is 12.2 Å². The summed E-state index contributed by atoms with van der Waals surface area (Å²) in [7, 11) is 1.98. The molecule has 0 aliphatic rings. The molecule has 19 heavy (non-hydrogen) atoms. The molecule has 5 heteroatoms. The van der Waals surface area contributed by atoms with Crippen LogP contribution in [0.4, 0.5) is 0 Å². The van der Waals surface area contributed by atoms with E-state index >= 15 is 0 Å². The van der Waals surface area contributed by atoms with Gasteiger partial charge in [-0.1, -0.05) is 26.1 Å². The van der Waals surface area contributed by atoms with Gasteiger partial charge in [0.25, 0.3) is 0 Å². The smallest absolute Gasteiger partial charge is 0.236 e. The number of nitrogens with zero attached hydrogens (tertiary/aromatic N) is 2. The van der Waals surface area contributed by atoms with Gasteiger partial charge in [0.05, 0.1) is 11.5 Å². The monoisotopic (exact) mass is 287 g/mol. The summed E-state index contributed by atoms with van der Waals surface area (Å²) in [5.74, 6) is 0.195. The molecule has 0 aliphatic heterocycles. The molecule has 112 valence electrons. The molecule has 2 N–H and O–H groups in total. The average molecular weight is 287 g/mol. The quantitative estimate of drug-likeness (QED) is 0.658. The molecule has 0 aliphatic carbocycles. The number of nitrogens with two attached hydrogens (primary N) is 1. The zero-order chi connectivity index (χ0) is 15.1. The van der Waals surface area contributed by atoms with Crippen LogP contribution in [0.2, 0.25) is 0 Å². The first-order valence-corrected chi connectivity index (χ1v) is 7.41. The number of amides is 1. The van der Waals surface area contributed by atoms with Gasteiger partial charge in [-0.3, -0.25) is 9.69 Å². The van der Waals surface area contributed by atoms with E-state index in [1.54, 1.807) is 0 Å². The zero-order valence-electron chi connectivity index (χ0n) is 13.0.